The minimum absolute atomic E-state index is 0.0141. The molecule has 0 spiro atoms. The Morgan fingerprint density at radius 2 is 2.33 bits per heavy atom. The number of thiophene rings is 1. The summed E-state index contributed by atoms with van der Waals surface area (Å²) in [6.45, 7) is 5.11. The Kier molecular flexibility index (Phi) is 4.53. The first-order chi connectivity index (χ1) is 8.61. The van der Waals surface area contributed by atoms with E-state index >= 15 is 0 Å². The van der Waals surface area contributed by atoms with Crippen LogP contribution >= 0.6 is 27.3 Å². The van der Waals surface area contributed by atoms with E-state index in [0.717, 1.165) is 29.0 Å². The van der Waals surface area contributed by atoms with Crippen molar-refractivity contribution in [2.75, 3.05) is 0 Å². The van der Waals surface area contributed by atoms with Crippen LogP contribution in [0.3, 0.4) is 0 Å². The van der Waals surface area contributed by atoms with Gasteiger partial charge in [-0.05, 0) is 40.9 Å². The molecular formula is C12H17BrN4S. The maximum Gasteiger partial charge on any atom is 0.138 e. The van der Waals surface area contributed by atoms with Crippen LogP contribution in [0.5, 0.6) is 0 Å². The average molecular weight is 329 g/mol. The predicted molar refractivity (Wildman–Crippen MR) is 77.7 cm³/mol. The van der Waals surface area contributed by atoms with Gasteiger partial charge in [0.05, 0.1) is 3.79 Å². The third-order valence-electron chi connectivity index (χ3n) is 2.78. The summed E-state index contributed by atoms with van der Waals surface area (Å²) in [7, 11) is 0. The lowest BCUT2D eigenvalue weighted by Gasteiger charge is -2.10. The molecule has 0 aliphatic heterocycles. The number of halogens is 1. The van der Waals surface area contributed by atoms with Gasteiger partial charge in [0.25, 0.3) is 0 Å². The normalized spacial score (nSPS) is 12.9. The van der Waals surface area contributed by atoms with Crippen molar-refractivity contribution in [2.45, 2.75) is 39.3 Å². The van der Waals surface area contributed by atoms with Gasteiger partial charge in [0, 0.05) is 23.9 Å². The SMILES string of the molecule is CCCn1ncnc1CC(N)c1cc(C)c(Br)s1. The fourth-order valence-corrected chi connectivity index (χ4v) is 3.38. The van der Waals surface area contributed by atoms with Crippen molar-refractivity contribution in [1.29, 1.82) is 0 Å². The Morgan fingerprint density at radius 3 is 2.94 bits per heavy atom. The zero-order valence-electron chi connectivity index (χ0n) is 10.6. The van der Waals surface area contributed by atoms with Crippen molar-refractivity contribution >= 4 is 27.3 Å². The monoisotopic (exact) mass is 328 g/mol. The lowest BCUT2D eigenvalue weighted by Crippen LogP contribution is -2.16. The van der Waals surface area contributed by atoms with Gasteiger partial charge in [-0.25, -0.2) is 4.98 Å². The predicted octanol–water partition coefficient (Wildman–Crippen LogP) is 3.06. The molecule has 0 fully saturated rings. The minimum atomic E-state index is -0.0141. The zero-order chi connectivity index (χ0) is 13.1. The van der Waals surface area contributed by atoms with Gasteiger partial charge < -0.3 is 5.73 Å². The molecule has 2 aromatic rings. The zero-order valence-corrected chi connectivity index (χ0v) is 13.0. The van der Waals surface area contributed by atoms with E-state index in [1.165, 1.54) is 10.4 Å². The maximum atomic E-state index is 6.24. The molecule has 2 heterocycles. The lowest BCUT2D eigenvalue weighted by molar-refractivity contribution is 0.550. The summed E-state index contributed by atoms with van der Waals surface area (Å²) in [5.41, 5.74) is 7.48. The van der Waals surface area contributed by atoms with Crippen LogP contribution in [0, 0.1) is 6.92 Å². The van der Waals surface area contributed by atoms with E-state index in [1.807, 2.05) is 4.68 Å². The van der Waals surface area contributed by atoms with Gasteiger partial charge in [0.1, 0.15) is 12.2 Å². The highest BCUT2D eigenvalue weighted by Crippen LogP contribution is 2.31. The molecular weight excluding hydrogens is 312 g/mol. The molecule has 0 saturated carbocycles. The molecule has 0 aromatic carbocycles. The van der Waals surface area contributed by atoms with Crippen molar-refractivity contribution in [2.24, 2.45) is 5.73 Å². The number of aryl methyl sites for hydroxylation is 2. The van der Waals surface area contributed by atoms with Crippen molar-refractivity contribution in [3.05, 3.63) is 32.4 Å². The molecule has 1 atom stereocenters. The highest BCUT2D eigenvalue weighted by molar-refractivity contribution is 9.11. The highest BCUT2D eigenvalue weighted by atomic mass is 79.9. The summed E-state index contributed by atoms with van der Waals surface area (Å²) in [4.78, 5) is 5.48. The lowest BCUT2D eigenvalue weighted by atomic mass is 10.1. The summed E-state index contributed by atoms with van der Waals surface area (Å²) >= 11 is 5.23. The Labute approximate surface area is 119 Å². The van der Waals surface area contributed by atoms with Crippen LogP contribution in [-0.2, 0) is 13.0 Å². The fourth-order valence-electron chi connectivity index (χ4n) is 1.81. The topological polar surface area (TPSA) is 56.7 Å². The van der Waals surface area contributed by atoms with Crippen molar-refractivity contribution < 1.29 is 0 Å². The van der Waals surface area contributed by atoms with Gasteiger partial charge in [-0.1, -0.05) is 6.92 Å². The summed E-state index contributed by atoms with van der Waals surface area (Å²) < 4.78 is 3.10. The fraction of sp³-hybridized carbons (Fsp3) is 0.500. The Balaban J connectivity index is 2.10. The van der Waals surface area contributed by atoms with Crippen LogP contribution in [0.2, 0.25) is 0 Å². The molecule has 6 heteroatoms. The molecule has 18 heavy (non-hydrogen) atoms. The molecule has 2 rings (SSSR count). The smallest absolute Gasteiger partial charge is 0.138 e. The highest BCUT2D eigenvalue weighted by Gasteiger charge is 2.15. The van der Waals surface area contributed by atoms with Crippen LogP contribution in [0.4, 0.5) is 0 Å². The second kappa shape index (κ2) is 5.95. The average Bonchev–Trinajstić information content (AvgIpc) is 2.88. The third kappa shape index (κ3) is 2.99. The van der Waals surface area contributed by atoms with E-state index in [4.69, 9.17) is 5.73 Å². The molecule has 0 radical (unpaired) electrons. The number of hydrogen-bond donors (Lipinski definition) is 1. The van der Waals surface area contributed by atoms with Crippen molar-refractivity contribution in [3.8, 4) is 0 Å². The van der Waals surface area contributed by atoms with Gasteiger partial charge in [-0.15, -0.1) is 11.3 Å². The molecule has 0 aliphatic rings. The summed E-state index contributed by atoms with van der Waals surface area (Å²) in [6, 6.07) is 2.12. The molecule has 2 N–H and O–H groups in total. The standard InChI is InChI=1S/C12H17BrN4S/c1-3-4-17-11(15-7-16-17)6-9(14)10-5-8(2)12(13)18-10/h5,7,9H,3-4,6,14H2,1-2H3. The van der Waals surface area contributed by atoms with Crippen LogP contribution in [0.1, 0.15) is 35.7 Å². The van der Waals surface area contributed by atoms with Gasteiger partial charge in [0.2, 0.25) is 0 Å². The first-order valence-electron chi connectivity index (χ1n) is 6.00. The Morgan fingerprint density at radius 1 is 1.56 bits per heavy atom. The molecule has 4 nitrogen and oxygen atoms in total. The van der Waals surface area contributed by atoms with E-state index in [9.17, 15) is 0 Å². The molecule has 0 amide bonds. The maximum absolute atomic E-state index is 6.24. The first-order valence-corrected chi connectivity index (χ1v) is 7.60. The minimum Gasteiger partial charge on any atom is -0.323 e. The van der Waals surface area contributed by atoms with E-state index in [0.29, 0.717) is 0 Å². The number of hydrogen-bond acceptors (Lipinski definition) is 4. The number of nitrogens with two attached hydrogens (primary N) is 1. The van der Waals surface area contributed by atoms with Gasteiger partial charge in [-0.3, -0.25) is 4.68 Å². The van der Waals surface area contributed by atoms with Gasteiger partial charge >= 0.3 is 0 Å². The molecule has 0 bridgehead atoms. The van der Waals surface area contributed by atoms with Gasteiger partial charge in [0.15, 0.2) is 0 Å². The Bertz CT molecular complexity index is 500. The van der Waals surface area contributed by atoms with Crippen LogP contribution < -0.4 is 5.73 Å². The van der Waals surface area contributed by atoms with Crippen molar-refractivity contribution in [3.63, 3.8) is 0 Å². The van der Waals surface area contributed by atoms with E-state index in [1.54, 1.807) is 17.7 Å². The summed E-state index contributed by atoms with van der Waals surface area (Å²) in [5, 5.41) is 4.22. The summed E-state index contributed by atoms with van der Waals surface area (Å²) in [6.07, 6.45) is 3.38. The summed E-state index contributed by atoms with van der Waals surface area (Å²) in [5.74, 6) is 0.964. The number of aromatic nitrogens is 3. The number of nitrogens with zero attached hydrogens (tertiary/aromatic N) is 3. The van der Waals surface area contributed by atoms with E-state index in [-0.39, 0.29) is 6.04 Å². The van der Waals surface area contributed by atoms with E-state index in [2.05, 4.69) is 45.9 Å². The van der Waals surface area contributed by atoms with E-state index < -0.39 is 0 Å². The third-order valence-corrected chi connectivity index (χ3v) is 5.04. The second-order valence-corrected chi connectivity index (χ2v) is 6.72. The van der Waals surface area contributed by atoms with Gasteiger partial charge in [-0.2, -0.15) is 5.10 Å². The quantitative estimate of drug-likeness (QED) is 0.917. The second-order valence-electron chi connectivity index (χ2n) is 4.32. The number of rotatable bonds is 5. The molecule has 98 valence electrons. The molecule has 0 saturated heterocycles. The van der Waals surface area contributed by atoms with Crippen LogP contribution in [0.25, 0.3) is 0 Å². The van der Waals surface area contributed by atoms with Crippen LogP contribution in [-0.4, -0.2) is 14.8 Å². The largest absolute Gasteiger partial charge is 0.323 e. The Hall–Kier alpha value is -0.720. The molecule has 0 aliphatic carbocycles. The molecule has 2 aromatic heterocycles. The molecule has 1 unspecified atom stereocenters. The van der Waals surface area contributed by atoms with Crippen LogP contribution in [0.15, 0.2) is 16.2 Å². The first kappa shape index (κ1) is 13.7. The van der Waals surface area contributed by atoms with Crippen molar-refractivity contribution in [1.82, 2.24) is 14.8 Å².